The SMILES string of the molecule is Cc1cn2c(/C=C/c3ccc4ccc(Cl)cc4n3)c(C)nc2s1. The number of rotatable bonds is 2. The summed E-state index contributed by atoms with van der Waals surface area (Å²) in [4.78, 5) is 11.5. The number of hydrogen-bond acceptors (Lipinski definition) is 3. The molecule has 1 aromatic carbocycles. The minimum Gasteiger partial charge on any atom is -0.290 e. The lowest BCUT2D eigenvalue weighted by atomic mass is 10.2. The Hall–Kier alpha value is -2.17. The first kappa shape index (κ1) is 14.4. The highest BCUT2D eigenvalue weighted by atomic mass is 35.5. The van der Waals surface area contributed by atoms with Gasteiger partial charge in [-0.1, -0.05) is 23.7 Å². The molecule has 3 aromatic heterocycles. The lowest BCUT2D eigenvalue weighted by Crippen LogP contribution is -1.86. The van der Waals surface area contributed by atoms with Gasteiger partial charge in [0.25, 0.3) is 0 Å². The maximum atomic E-state index is 6.05. The highest BCUT2D eigenvalue weighted by Crippen LogP contribution is 2.23. The summed E-state index contributed by atoms with van der Waals surface area (Å²) in [5.41, 5.74) is 3.93. The summed E-state index contributed by atoms with van der Waals surface area (Å²) in [6.45, 7) is 4.12. The molecule has 0 spiro atoms. The molecule has 3 heterocycles. The van der Waals surface area contributed by atoms with Gasteiger partial charge in [-0.3, -0.25) is 4.40 Å². The Kier molecular flexibility index (Phi) is 3.43. The molecule has 0 aliphatic rings. The first-order valence-corrected chi connectivity index (χ1v) is 8.49. The van der Waals surface area contributed by atoms with Gasteiger partial charge in [-0.2, -0.15) is 0 Å². The number of fused-ring (bicyclic) bond motifs is 2. The van der Waals surface area contributed by atoms with Crippen LogP contribution in [0, 0.1) is 13.8 Å². The molecule has 0 fully saturated rings. The summed E-state index contributed by atoms with van der Waals surface area (Å²) < 4.78 is 2.13. The molecule has 0 saturated heterocycles. The third-order valence-corrected chi connectivity index (χ3v) is 4.88. The van der Waals surface area contributed by atoms with Crippen LogP contribution in [0.15, 0.2) is 36.5 Å². The van der Waals surface area contributed by atoms with E-state index in [1.807, 2.05) is 37.3 Å². The van der Waals surface area contributed by atoms with Crippen molar-refractivity contribution in [2.75, 3.05) is 0 Å². The Balaban J connectivity index is 1.76. The predicted octanol–water partition coefficient (Wildman–Crippen LogP) is 5.38. The number of halogens is 1. The van der Waals surface area contributed by atoms with E-state index in [1.165, 1.54) is 4.88 Å². The van der Waals surface area contributed by atoms with E-state index in [0.717, 1.165) is 32.9 Å². The number of pyridine rings is 1. The molecule has 5 heteroatoms. The molecule has 0 radical (unpaired) electrons. The van der Waals surface area contributed by atoms with Crippen molar-refractivity contribution < 1.29 is 0 Å². The predicted molar refractivity (Wildman–Crippen MR) is 98.2 cm³/mol. The standard InChI is InChI=1S/C18H14ClN3S/c1-11-10-22-17(12(2)20-18(22)23-11)8-7-15-6-4-13-3-5-14(19)9-16(13)21-15/h3-10H,1-2H3/b8-7+. The number of nitrogens with zero attached hydrogens (tertiary/aromatic N) is 3. The van der Waals surface area contributed by atoms with Crippen LogP contribution in [-0.2, 0) is 0 Å². The van der Waals surface area contributed by atoms with E-state index in [-0.39, 0.29) is 0 Å². The molecule has 4 aromatic rings. The smallest absolute Gasteiger partial charge is 0.194 e. The third kappa shape index (κ3) is 2.64. The maximum absolute atomic E-state index is 6.05. The zero-order valence-electron chi connectivity index (χ0n) is 12.7. The Morgan fingerprint density at radius 1 is 1.09 bits per heavy atom. The molecule has 0 N–H and O–H groups in total. The molecule has 0 amide bonds. The van der Waals surface area contributed by atoms with Crippen LogP contribution < -0.4 is 0 Å². The van der Waals surface area contributed by atoms with Gasteiger partial charge in [-0.25, -0.2) is 9.97 Å². The number of aromatic nitrogens is 3. The number of benzene rings is 1. The van der Waals surface area contributed by atoms with Crippen molar-refractivity contribution in [3.8, 4) is 0 Å². The Labute approximate surface area is 142 Å². The van der Waals surface area contributed by atoms with E-state index in [0.29, 0.717) is 5.02 Å². The summed E-state index contributed by atoms with van der Waals surface area (Å²) in [5.74, 6) is 0. The van der Waals surface area contributed by atoms with Crippen LogP contribution in [0.5, 0.6) is 0 Å². The van der Waals surface area contributed by atoms with Crippen molar-refractivity contribution in [3.63, 3.8) is 0 Å². The van der Waals surface area contributed by atoms with Crippen molar-refractivity contribution in [1.29, 1.82) is 0 Å². The molecule has 3 nitrogen and oxygen atoms in total. The molecule has 0 atom stereocenters. The van der Waals surface area contributed by atoms with Crippen molar-refractivity contribution in [2.24, 2.45) is 0 Å². The highest BCUT2D eigenvalue weighted by molar-refractivity contribution is 7.17. The molecule has 114 valence electrons. The second-order valence-electron chi connectivity index (χ2n) is 5.48. The molecular weight excluding hydrogens is 326 g/mol. The van der Waals surface area contributed by atoms with Gasteiger partial charge in [0.2, 0.25) is 0 Å². The second kappa shape index (κ2) is 5.48. The first-order chi connectivity index (χ1) is 11.1. The van der Waals surface area contributed by atoms with Gasteiger partial charge in [0.15, 0.2) is 4.96 Å². The first-order valence-electron chi connectivity index (χ1n) is 7.30. The molecule has 23 heavy (non-hydrogen) atoms. The Bertz CT molecular complexity index is 1060. The van der Waals surface area contributed by atoms with Crippen LogP contribution in [0.3, 0.4) is 0 Å². The normalized spacial score (nSPS) is 12.0. The van der Waals surface area contributed by atoms with Crippen LogP contribution in [0.1, 0.15) is 22.0 Å². The van der Waals surface area contributed by atoms with Crippen molar-refractivity contribution >= 4 is 51.0 Å². The van der Waals surface area contributed by atoms with Crippen LogP contribution >= 0.6 is 22.9 Å². The number of thiazole rings is 1. The van der Waals surface area contributed by atoms with Crippen LogP contribution in [0.4, 0.5) is 0 Å². The van der Waals surface area contributed by atoms with E-state index < -0.39 is 0 Å². The quantitative estimate of drug-likeness (QED) is 0.490. The van der Waals surface area contributed by atoms with Crippen molar-refractivity contribution in [1.82, 2.24) is 14.4 Å². The van der Waals surface area contributed by atoms with E-state index in [4.69, 9.17) is 11.6 Å². The van der Waals surface area contributed by atoms with Gasteiger partial charge >= 0.3 is 0 Å². The summed E-state index contributed by atoms with van der Waals surface area (Å²) >= 11 is 7.75. The minimum atomic E-state index is 0.702. The average molecular weight is 340 g/mol. The molecule has 0 aliphatic heterocycles. The fraction of sp³-hybridized carbons (Fsp3) is 0.111. The largest absolute Gasteiger partial charge is 0.290 e. The summed E-state index contributed by atoms with van der Waals surface area (Å²) in [7, 11) is 0. The van der Waals surface area contributed by atoms with Crippen molar-refractivity contribution in [3.05, 3.63) is 63.5 Å². The number of aryl methyl sites for hydroxylation is 2. The zero-order chi connectivity index (χ0) is 16.0. The zero-order valence-corrected chi connectivity index (χ0v) is 14.3. The fourth-order valence-corrected chi connectivity index (χ4v) is 3.69. The van der Waals surface area contributed by atoms with E-state index in [9.17, 15) is 0 Å². The van der Waals surface area contributed by atoms with Gasteiger partial charge in [0.1, 0.15) is 0 Å². The lowest BCUT2D eigenvalue weighted by molar-refractivity contribution is 1.18. The molecule has 0 bridgehead atoms. The maximum Gasteiger partial charge on any atom is 0.194 e. The summed E-state index contributed by atoms with van der Waals surface area (Å²) in [6.07, 6.45) is 6.21. The van der Waals surface area contributed by atoms with E-state index in [2.05, 4.69) is 39.6 Å². The monoisotopic (exact) mass is 339 g/mol. The Morgan fingerprint density at radius 2 is 1.91 bits per heavy atom. The minimum absolute atomic E-state index is 0.702. The average Bonchev–Trinajstić information content (AvgIpc) is 3.00. The molecule has 0 aliphatic carbocycles. The van der Waals surface area contributed by atoms with Gasteiger partial charge in [0.05, 0.1) is 22.6 Å². The third-order valence-electron chi connectivity index (χ3n) is 3.75. The highest BCUT2D eigenvalue weighted by Gasteiger charge is 2.08. The molecule has 0 saturated carbocycles. The second-order valence-corrected chi connectivity index (χ2v) is 7.13. The van der Waals surface area contributed by atoms with Gasteiger partial charge in [-0.15, -0.1) is 11.3 Å². The number of imidazole rings is 1. The van der Waals surface area contributed by atoms with Crippen molar-refractivity contribution in [2.45, 2.75) is 13.8 Å². The Morgan fingerprint density at radius 3 is 2.78 bits per heavy atom. The van der Waals surface area contributed by atoms with Gasteiger partial charge in [-0.05, 0) is 44.2 Å². The van der Waals surface area contributed by atoms with E-state index >= 15 is 0 Å². The topological polar surface area (TPSA) is 30.2 Å². The summed E-state index contributed by atoms with van der Waals surface area (Å²) in [6, 6.07) is 9.83. The lowest BCUT2D eigenvalue weighted by Gasteiger charge is -2.00. The van der Waals surface area contributed by atoms with Crippen LogP contribution in [-0.4, -0.2) is 14.4 Å². The fourth-order valence-electron chi connectivity index (χ4n) is 2.65. The molecule has 0 unspecified atom stereocenters. The van der Waals surface area contributed by atoms with Crippen LogP contribution in [0.2, 0.25) is 5.02 Å². The van der Waals surface area contributed by atoms with Crippen LogP contribution in [0.25, 0.3) is 28.0 Å². The van der Waals surface area contributed by atoms with E-state index in [1.54, 1.807) is 11.3 Å². The van der Waals surface area contributed by atoms with Gasteiger partial charge in [0, 0.05) is 21.5 Å². The number of hydrogen-bond donors (Lipinski definition) is 0. The van der Waals surface area contributed by atoms with Gasteiger partial charge < -0.3 is 0 Å². The molecule has 4 rings (SSSR count). The summed E-state index contributed by atoms with van der Waals surface area (Å²) in [5, 5.41) is 1.79. The molecular formula is C18H14ClN3S.